The minimum atomic E-state index is -1.25. The van der Waals surface area contributed by atoms with Crippen molar-refractivity contribution < 1.29 is 93.4 Å². The van der Waals surface area contributed by atoms with E-state index in [1.54, 1.807) is 0 Å². The van der Waals surface area contributed by atoms with Crippen molar-refractivity contribution in [3.63, 3.8) is 0 Å². The van der Waals surface area contributed by atoms with Gasteiger partial charge >= 0.3 is 62.2 Å². The molecular formula is C11H28N14O9Yb+3. The maximum absolute atomic E-state index is 8.47. The van der Waals surface area contributed by atoms with Gasteiger partial charge < -0.3 is 49.5 Å². The third-order valence-electron chi connectivity index (χ3n) is 3.50. The summed E-state index contributed by atoms with van der Waals surface area (Å²) in [6.45, 7) is 0. The molecular weight excluding hydrogens is 645 g/mol. The van der Waals surface area contributed by atoms with Crippen LogP contribution in [0, 0.1) is 61.6 Å². The molecule has 0 amide bonds. The van der Waals surface area contributed by atoms with E-state index in [1.807, 2.05) is 18.2 Å². The summed E-state index contributed by atoms with van der Waals surface area (Å²) in [5, 5.41) is 62.8. The van der Waals surface area contributed by atoms with Crippen molar-refractivity contribution in [1.29, 1.82) is 0 Å². The van der Waals surface area contributed by atoms with E-state index in [0.29, 0.717) is 0 Å². The molecule has 2 fully saturated rings. The molecule has 3 rings (SSSR count). The van der Waals surface area contributed by atoms with Gasteiger partial charge in [0.15, 0.2) is 0 Å². The van der Waals surface area contributed by atoms with Gasteiger partial charge in [-0.05, 0) is 12.6 Å². The number of rotatable bonds is 2. The van der Waals surface area contributed by atoms with Gasteiger partial charge in [0.1, 0.15) is 27.3 Å². The molecule has 0 spiro atoms. The van der Waals surface area contributed by atoms with E-state index in [9.17, 15) is 0 Å². The fourth-order valence-electron chi connectivity index (χ4n) is 2.54. The van der Waals surface area contributed by atoms with Gasteiger partial charge in [-0.3, -0.25) is 10.6 Å². The summed E-state index contributed by atoms with van der Waals surface area (Å²) in [6.07, 6.45) is 3.07. The summed E-state index contributed by atoms with van der Waals surface area (Å²) in [5.41, 5.74) is 23.9. The van der Waals surface area contributed by atoms with Crippen molar-refractivity contribution in [3.8, 4) is 0 Å². The number of allylic oxidation sites excluding steroid dienone is 2. The van der Waals surface area contributed by atoms with Crippen LogP contribution in [0.1, 0.15) is 0 Å². The maximum atomic E-state index is 8.47. The molecule has 207 valence electrons. The topological polar surface area (TPSA) is 376 Å². The fraction of sp³-hybridized carbons (Fsp3) is 0.636. The number of hydrogen-bond acceptors (Lipinski definition) is 11. The smallest absolute Gasteiger partial charge is 0.682 e. The van der Waals surface area contributed by atoms with Gasteiger partial charge in [0, 0.05) is 0 Å². The van der Waals surface area contributed by atoms with E-state index in [0.717, 1.165) is 5.70 Å². The Bertz CT molecular complexity index is 671. The first kappa shape index (κ1) is 35.2. The van der Waals surface area contributed by atoms with Crippen molar-refractivity contribution in [2.75, 3.05) is 0 Å². The molecule has 0 bridgehead atoms. The van der Waals surface area contributed by atoms with E-state index >= 15 is 0 Å². The number of nitrogens with two attached hydrogens (primary N) is 4. The summed E-state index contributed by atoms with van der Waals surface area (Å²) in [6, 6.07) is -0.224. The molecule has 0 saturated carbocycles. The number of nitrogens with one attached hydrogen (secondary N) is 4. The van der Waals surface area contributed by atoms with Crippen molar-refractivity contribution >= 4 is 0 Å². The van der Waals surface area contributed by atoms with Gasteiger partial charge in [-0.15, -0.1) is 6.04 Å². The van der Waals surface area contributed by atoms with Gasteiger partial charge in [0.25, 0.3) is 0 Å². The first-order chi connectivity index (χ1) is 15.7. The third kappa shape index (κ3) is 18.0. The summed E-state index contributed by atoms with van der Waals surface area (Å²) in [7, 11) is 0. The van der Waals surface area contributed by atoms with Crippen molar-refractivity contribution in [3.05, 3.63) is 54.6 Å². The monoisotopic (exact) mass is 674 g/mol. The zero-order chi connectivity index (χ0) is 26.4. The molecule has 3 aliphatic heterocycles. The van der Waals surface area contributed by atoms with Crippen LogP contribution in [0.15, 0.2) is 23.9 Å². The van der Waals surface area contributed by atoms with E-state index in [-0.39, 0.29) is 65.3 Å². The first-order valence-corrected chi connectivity index (χ1v) is 8.82. The predicted molar refractivity (Wildman–Crippen MR) is 105 cm³/mol. The fourth-order valence-corrected chi connectivity index (χ4v) is 2.54. The summed E-state index contributed by atoms with van der Waals surface area (Å²) in [5.74, 6) is 0. The van der Waals surface area contributed by atoms with E-state index < -0.39 is 40.4 Å². The molecule has 18 N–H and O–H groups in total. The molecule has 0 aromatic rings. The van der Waals surface area contributed by atoms with Gasteiger partial charge in [0.05, 0.1) is 0 Å². The molecule has 23 nitrogen and oxygen atoms in total. The first-order valence-electron chi connectivity index (χ1n) is 8.82. The molecule has 2 saturated heterocycles. The van der Waals surface area contributed by atoms with Crippen LogP contribution in [0.4, 0.5) is 0 Å². The van der Waals surface area contributed by atoms with Gasteiger partial charge in [-0.25, -0.2) is 31.2 Å². The van der Waals surface area contributed by atoms with Crippen molar-refractivity contribution in [2.24, 2.45) is 22.9 Å². The van der Waals surface area contributed by atoms with Gasteiger partial charge in [-0.1, -0.05) is 30.6 Å². The zero-order valence-corrected chi connectivity index (χ0v) is 19.2. The second-order valence-electron chi connectivity index (χ2n) is 6.01. The SMILES string of the molecule is NC1[N-]C(C2=CC=CC(C3[N-]C(N)NC(N)N3)[N-]2)NC(N)N1.O=[N+](O)O.O=[N+](O)O.O=[N+](O)O.[Yb+3]. The number of hydrogen-bond donors (Lipinski definition) is 14. The molecule has 0 aromatic heterocycles. The summed E-state index contributed by atoms with van der Waals surface area (Å²) in [4.78, 5) is 25.4. The Morgan fingerprint density at radius 1 is 0.743 bits per heavy atom. The molecule has 0 aliphatic carbocycles. The van der Waals surface area contributed by atoms with E-state index in [2.05, 4.69) is 37.2 Å². The van der Waals surface area contributed by atoms with Crippen LogP contribution in [0.25, 0.3) is 16.0 Å². The van der Waals surface area contributed by atoms with Crippen LogP contribution >= 0.6 is 0 Å². The largest absolute Gasteiger partial charge is 3.00 e. The maximum Gasteiger partial charge on any atom is 3.00 e. The summed E-state index contributed by atoms with van der Waals surface area (Å²) >= 11 is 0. The van der Waals surface area contributed by atoms with Crippen LogP contribution in [0.2, 0.25) is 0 Å². The van der Waals surface area contributed by atoms with Crippen LogP contribution in [-0.4, -0.2) is 90.0 Å². The molecule has 24 heteroatoms. The minimum absolute atomic E-state index is 0. The molecule has 1 radical (unpaired) electrons. The van der Waals surface area contributed by atoms with Crippen LogP contribution < -0.4 is 44.2 Å². The zero-order valence-electron chi connectivity index (χ0n) is 17.4. The van der Waals surface area contributed by atoms with Gasteiger partial charge in [-0.2, -0.15) is 5.70 Å². The standard InChI is InChI=1S/C11H22N11.3H2NO3.Yb/c12-8-17-6(18-9(13)21-8)4-2-1-3-5(16-4)7-19-10(14)22-11(15)20-7;3*2-1(3)4;/h1-4,6-11,17,19,21-22H,12-15H2;3*(H2,2,3,4);/q-3;3*+1;+3. The molecule has 7 atom stereocenters. The van der Waals surface area contributed by atoms with Crippen LogP contribution in [-0.2, 0) is 0 Å². The molecule has 0 aromatic carbocycles. The minimum Gasteiger partial charge on any atom is -0.682 e. The molecule has 3 heterocycles. The Hall–Kier alpha value is -2.00. The van der Waals surface area contributed by atoms with Crippen LogP contribution in [0.3, 0.4) is 0 Å². The molecule has 35 heavy (non-hydrogen) atoms. The normalized spacial score (nSPS) is 31.0. The third-order valence-corrected chi connectivity index (χ3v) is 3.50. The Kier molecular flexibility index (Phi) is 18.4. The van der Waals surface area contributed by atoms with Crippen molar-refractivity contribution in [1.82, 2.24) is 21.3 Å². The second-order valence-corrected chi connectivity index (χ2v) is 6.01. The van der Waals surface area contributed by atoms with E-state index in [4.69, 9.17) is 68.9 Å². The Labute approximate surface area is 234 Å². The quantitative estimate of drug-likeness (QED) is 0.123. The van der Waals surface area contributed by atoms with Crippen molar-refractivity contribution in [2.45, 2.75) is 43.5 Å². The van der Waals surface area contributed by atoms with Crippen LogP contribution in [0.5, 0.6) is 0 Å². The number of nitrogens with zero attached hydrogens (tertiary/aromatic N) is 6. The Morgan fingerprint density at radius 2 is 1.17 bits per heavy atom. The van der Waals surface area contributed by atoms with Gasteiger partial charge in [0.2, 0.25) is 0 Å². The average Bonchev–Trinajstić information content (AvgIpc) is 2.65. The molecule has 3 aliphatic rings. The second kappa shape index (κ2) is 18.3. The Balaban J connectivity index is 0. The average molecular weight is 673 g/mol. The predicted octanol–water partition coefficient (Wildman–Crippen LogP) is -4.43. The Morgan fingerprint density at radius 3 is 1.60 bits per heavy atom. The summed E-state index contributed by atoms with van der Waals surface area (Å²) < 4.78 is 0. The molecule has 7 unspecified atom stereocenters. The van der Waals surface area contributed by atoms with E-state index in [1.165, 1.54) is 0 Å².